The molecule has 1 heterocycles. The summed E-state index contributed by atoms with van der Waals surface area (Å²) in [5.41, 5.74) is 0. The van der Waals surface area contributed by atoms with E-state index in [-0.39, 0.29) is 6.61 Å². The maximum absolute atomic E-state index is 8.83. The fourth-order valence-electron chi connectivity index (χ4n) is 1.58. The van der Waals surface area contributed by atoms with Crippen molar-refractivity contribution < 1.29 is 9.52 Å². The Morgan fingerprint density at radius 3 is 2.47 bits per heavy atom. The van der Waals surface area contributed by atoms with Gasteiger partial charge in [0.2, 0.25) is 0 Å². The molecule has 0 radical (unpaired) electrons. The highest BCUT2D eigenvalue weighted by Gasteiger charge is 2.04. The van der Waals surface area contributed by atoms with Crippen LogP contribution < -0.4 is 5.32 Å². The van der Waals surface area contributed by atoms with E-state index >= 15 is 0 Å². The molecule has 3 heteroatoms. The third-order valence-electron chi connectivity index (χ3n) is 2.76. The highest BCUT2D eigenvalue weighted by atomic mass is 16.4. The van der Waals surface area contributed by atoms with Crippen LogP contribution in [-0.4, -0.2) is 11.7 Å². The first-order valence-electron chi connectivity index (χ1n) is 5.69. The Hall–Kier alpha value is -0.800. The number of furan rings is 1. The van der Waals surface area contributed by atoms with Gasteiger partial charge in [0.05, 0.1) is 6.54 Å². The van der Waals surface area contributed by atoms with Crippen molar-refractivity contribution >= 4 is 0 Å². The summed E-state index contributed by atoms with van der Waals surface area (Å²) in [6.07, 6.45) is 2.42. The summed E-state index contributed by atoms with van der Waals surface area (Å²) in [5.74, 6) is 2.27. The molecule has 0 atom stereocenters. The van der Waals surface area contributed by atoms with E-state index in [2.05, 4.69) is 19.2 Å². The molecule has 1 aromatic rings. The second kappa shape index (κ2) is 6.64. The molecule has 0 spiro atoms. The van der Waals surface area contributed by atoms with Gasteiger partial charge in [-0.1, -0.05) is 26.7 Å². The minimum atomic E-state index is -0.0213. The summed E-state index contributed by atoms with van der Waals surface area (Å²) in [6, 6.07) is 3.72. The summed E-state index contributed by atoms with van der Waals surface area (Å²) in [6.45, 7) is 6.18. The average molecular weight is 211 g/mol. The summed E-state index contributed by atoms with van der Waals surface area (Å²) in [7, 11) is 0. The fourth-order valence-corrected chi connectivity index (χ4v) is 1.58. The van der Waals surface area contributed by atoms with Crippen LogP contribution in [0.15, 0.2) is 16.5 Å². The van der Waals surface area contributed by atoms with Crippen molar-refractivity contribution in [3.63, 3.8) is 0 Å². The van der Waals surface area contributed by atoms with E-state index in [4.69, 9.17) is 9.52 Å². The van der Waals surface area contributed by atoms with E-state index in [0.717, 1.165) is 24.8 Å². The molecule has 1 rings (SSSR count). The monoisotopic (exact) mass is 211 g/mol. The average Bonchev–Trinajstić information content (AvgIpc) is 2.72. The molecule has 0 saturated heterocycles. The van der Waals surface area contributed by atoms with Crippen molar-refractivity contribution in [1.82, 2.24) is 5.32 Å². The standard InChI is InChI=1S/C12H21NO2/c1-3-10(4-2)7-13-8-11-5-6-12(9-14)15-11/h5-6,10,13-14H,3-4,7-9H2,1-2H3. The lowest BCUT2D eigenvalue weighted by atomic mass is 10.0. The molecule has 2 N–H and O–H groups in total. The van der Waals surface area contributed by atoms with E-state index < -0.39 is 0 Å². The predicted octanol–water partition coefficient (Wildman–Crippen LogP) is 2.30. The minimum absolute atomic E-state index is 0.0213. The molecule has 0 aromatic carbocycles. The van der Waals surface area contributed by atoms with E-state index in [0.29, 0.717) is 5.76 Å². The molecular formula is C12H21NO2. The van der Waals surface area contributed by atoms with Gasteiger partial charge in [-0.15, -0.1) is 0 Å². The molecule has 3 nitrogen and oxygen atoms in total. The first-order valence-corrected chi connectivity index (χ1v) is 5.69. The van der Waals surface area contributed by atoms with Crippen LogP contribution in [-0.2, 0) is 13.2 Å². The third kappa shape index (κ3) is 4.06. The van der Waals surface area contributed by atoms with Gasteiger partial charge in [0, 0.05) is 0 Å². The Balaban J connectivity index is 2.25. The van der Waals surface area contributed by atoms with Crippen molar-refractivity contribution in [2.24, 2.45) is 5.92 Å². The molecule has 0 unspecified atom stereocenters. The van der Waals surface area contributed by atoms with E-state index in [9.17, 15) is 0 Å². The van der Waals surface area contributed by atoms with Gasteiger partial charge in [0.1, 0.15) is 18.1 Å². The Labute approximate surface area is 91.5 Å². The van der Waals surface area contributed by atoms with Crippen molar-refractivity contribution in [3.05, 3.63) is 23.7 Å². The molecule has 0 bridgehead atoms. The molecule has 0 aliphatic carbocycles. The zero-order valence-corrected chi connectivity index (χ0v) is 9.62. The Kier molecular flexibility index (Phi) is 5.43. The van der Waals surface area contributed by atoms with Crippen molar-refractivity contribution in [2.75, 3.05) is 6.54 Å². The lowest BCUT2D eigenvalue weighted by molar-refractivity contribution is 0.242. The second-order valence-electron chi connectivity index (χ2n) is 3.84. The lowest BCUT2D eigenvalue weighted by Crippen LogP contribution is -2.21. The van der Waals surface area contributed by atoms with Crippen LogP contribution in [0.1, 0.15) is 38.2 Å². The minimum Gasteiger partial charge on any atom is -0.462 e. The van der Waals surface area contributed by atoms with Gasteiger partial charge in [0.15, 0.2) is 0 Å². The largest absolute Gasteiger partial charge is 0.462 e. The van der Waals surface area contributed by atoms with Gasteiger partial charge in [-0.2, -0.15) is 0 Å². The highest BCUT2D eigenvalue weighted by molar-refractivity contribution is 5.05. The Morgan fingerprint density at radius 2 is 1.93 bits per heavy atom. The van der Waals surface area contributed by atoms with E-state index in [1.165, 1.54) is 12.8 Å². The van der Waals surface area contributed by atoms with Gasteiger partial charge >= 0.3 is 0 Å². The van der Waals surface area contributed by atoms with Gasteiger partial charge in [-0.3, -0.25) is 0 Å². The number of aliphatic hydroxyl groups is 1. The number of aliphatic hydroxyl groups excluding tert-OH is 1. The summed E-state index contributed by atoms with van der Waals surface area (Å²) < 4.78 is 5.37. The lowest BCUT2D eigenvalue weighted by Gasteiger charge is -2.12. The summed E-state index contributed by atoms with van der Waals surface area (Å²) in [4.78, 5) is 0. The zero-order chi connectivity index (χ0) is 11.1. The maximum atomic E-state index is 8.83. The van der Waals surface area contributed by atoms with Crippen LogP contribution in [0.5, 0.6) is 0 Å². The highest BCUT2D eigenvalue weighted by Crippen LogP contribution is 2.09. The fraction of sp³-hybridized carbons (Fsp3) is 0.667. The Morgan fingerprint density at radius 1 is 1.27 bits per heavy atom. The van der Waals surface area contributed by atoms with Crippen molar-refractivity contribution in [3.8, 4) is 0 Å². The molecule has 0 fully saturated rings. The van der Waals surface area contributed by atoms with Gasteiger partial charge in [-0.25, -0.2) is 0 Å². The van der Waals surface area contributed by atoms with Crippen molar-refractivity contribution in [2.45, 2.75) is 39.8 Å². The van der Waals surface area contributed by atoms with Crippen LogP contribution >= 0.6 is 0 Å². The molecule has 1 aromatic heterocycles. The number of hydrogen-bond donors (Lipinski definition) is 2. The molecule has 15 heavy (non-hydrogen) atoms. The smallest absolute Gasteiger partial charge is 0.129 e. The number of hydrogen-bond acceptors (Lipinski definition) is 3. The van der Waals surface area contributed by atoms with Gasteiger partial charge in [-0.05, 0) is 24.6 Å². The van der Waals surface area contributed by atoms with E-state index in [1.807, 2.05) is 12.1 Å². The zero-order valence-electron chi connectivity index (χ0n) is 9.62. The maximum Gasteiger partial charge on any atom is 0.129 e. The first-order chi connectivity index (χ1) is 7.30. The molecular weight excluding hydrogens is 190 g/mol. The first kappa shape index (κ1) is 12.3. The Bertz CT molecular complexity index is 266. The predicted molar refractivity (Wildman–Crippen MR) is 60.4 cm³/mol. The quantitative estimate of drug-likeness (QED) is 0.727. The molecule has 0 saturated carbocycles. The van der Waals surface area contributed by atoms with Gasteiger partial charge in [0.25, 0.3) is 0 Å². The van der Waals surface area contributed by atoms with Crippen LogP contribution in [0.3, 0.4) is 0 Å². The van der Waals surface area contributed by atoms with E-state index in [1.54, 1.807) is 0 Å². The van der Waals surface area contributed by atoms with Crippen LogP contribution in [0, 0.1) is 5.92 Å². The topological polar surface area (TPSA) is 45.4 Å². The third-order valence-corrected chi connectivity index (χ3v) is 2.76. The van der Waals surface area contributed by atoms with Crippen LogP contribution in [0.25, 0.3) is 0 Å². The van der Waals surface area contributed by atoms with Crippen molar-refractivity contribution in [1.29, 1.82) is 0 Å². The molecule has 86 valence electrons. The summed E-state index contributed by atoms with van der Waals surface area (Å²) >= 11 is 0. The second-order valence-corrected chi connectivity index (χ2v) is 3.84. The number of nitrogens with one attached hydrogen (secondary N) is 1. The normalized spacial score (nSPS) is 11.2. The van der Waals surface area contributed by atoms with Gasteiger partial charge < -0.3 is 14.8 Å². The van der Waals surface area contributed by atoms with Crippen LogP contribution in [0.2, 0.25) is 0 Å². The number of rotatable bonds is 7. The molecule has 0 aliphatic heterocycles. The SMILES string of the molecule is CCC(CC)CNCc1ccc(CO)o1. The molecule has 0 amide bonds. The summed E-state index contributed by atoms with van der Waals surface area (Å²) in [5, 5.41) is 12.2. The van der Waals surface area contributed by atoms with Crippen LogP contribution in [0.4, 0.5) is 0 Å². The molecule has 0 aliphatic rings.